The predicted molar refractivity (Wildman–Crippen MR) is 73.6 cm³/mol. The predicted octanol–water partition coefficient (Wildman–Crippen LogP) is 2.85. The van der Waals surface area contributed by atoms with Crippen molar-refractivity contribution in [2.45, 2.75) is 0 Å². The fraction of sp³-hybridized carbons (Fsp3) is 0.167. The van der Waals surface area contributed by atoms with Crippen molar-refractivity contribution in [3.63, 3.8) is 0 Å². The molecule has 0 bridgehead atoms. The van der Waals surface area contributed by atoms with Crippen LogP contribution in [0.3, 0.4) is 0 Å². The van der Waals surface area contributed by atoms with Gasteiger partial charge in [-0.2, -0.15) is 0 Å². The first-order valence-electron chi connectivity index (χ1n) is 5.58. The van der Waals surface area contributed by atoms with Crippen LogP contribution in [0.4, 0.5) is 17.2 Å². The SMILES string of the molecule is COc1ccc(Nc2cc(Cl)ncn2)cc1[N+](=O)OC. The van der Waals surface area contributed by atoms with Crippen LogP contribution in [-0.2, 0) is 4.84 Å². The molecule has 8 heteroatoms. The van der Waals surface area contributed by atoms with Crippen LogP contribution in [0.2, 0.25) is 5.15 Å². The molecule has 1 N–H and O–H groups in total. The molecule has 20 heavy (non-hydrogen) atoms. The van der Waals surface area contributed by atoms with Crippen molar-refractivity contribution in [1.29, 1.82) is 0 Å². The molecule has 2 aromatic rings. The summed E-state index contributed by atoms with van der Waals surface area (Å²) in [4.78, 5) is 24.4. The molecule has 0 unspecified atom stereocenters. The molecule has 0 aliphatic carbocycles. The van der Waals surface area contributed by atoms with Gasteiger partial charge < -0.3 is 10.1 Å². The molecule has 0 aliphatic rings. The first-order valence-corrected chi connectivity index (χ1v) is 5.96. The molecule has 0 radical (unpaired) electrons. The molecule has 2 rings (SSSR count). The third-order valence-electron chi connectivity index (χ3n) is 2.45. The third kappa shape index (κ3) is 3.12. The number of aromatic nitrogens is 2. The van der Waals surface area contributed by atoms with E-state index >= 15 is 0 Å². The van der Waals surface area contributed by atoms with Gasteiger partial charge in [0.15, 0.2) is 7.11 Å². The van der Waals surface area contributed by atoms with Crippen molar-refractivity contribution in [3.05, 3.63) is 40.7 Å². The van der Waals surface area contributed by atoms with Gasteiger partial charge in [0.1, 0.15) is 17.3 Å². The summed E-state index contributed by atoms with van der Waals surface area (Å²) >= 11 is 5.77. The number of nitrogens with zero attached hydrogens (tertiary/aromatic N) is 3. The maximum Gasteiger partial charge on any atom is 0.360 e. The summed E-state index contributed by atoms with van der Waals surface area (Å²) < 4.78 is 5.10. The van der Waals surface area contributed by atoms with Gasteiger partial charge in [-0.05, 0) is 12.1 Å². The zero-order chi connectivity index (χ0) is 14.5. The van der Waals surface area contributed by atoms with Crippen molar-refractivity contribution in [3.8, 4) is 5.75 Å². The van der Waals surface area contributed by atoms with E-state index in [1.807, 2.05) is 0 Å². The first kappa shape index (κ1) is 14.0. The topological polar surface area (TPSA) is 76.4 Å². The van der Waals surface area contributed by atoms with E-state index in [1.54, 1.807) is 24.3 Å². The van der Waals surface area contributed by atoms with Gasteiger partial charge in [0.05, 0.1) is 12.0 Å². The van der Waals surface area contributed by atoms with E-state index < -0.39 is 0 Å². The normalized spacial score (nSPS) is 9.95. The highest BCUT2D eigenvalue weighted by atomic mass is 35.5. The molecule has 104 valence electrons. The summed E-state index contributed by atoms with van der Waals surface area (Å²) in [5, 5.41) is 3.32. The lowest BCUT2D eigenvalue weighted by atomic mass is 10.2. The number of ether oxygens (including phenoxy) is 1. The average molecular weight is 296 g/mol. The molecular weight excluding hydrogens is 284 g/mol. The van der Waals surface area contributed by atoms with Crippen LogP contribution in [-0.4, -0.2) is 29.1 Å². The second-order valence-corrected chi connectivity index (χ2v) is 4.06. The minimum absolute atomic E-state index is 0.236. The Labute approximate surface area is 120 Å². The number of rotatable bonds is 5. The molecule has 1 heterocycles. The van der Waals surface area contributed by atoms with Gasteiger partial charge in [-0.1, -0.05) is 11.6 Å². The van der Waals surface area contributed by atoms with Gasteiger partial charge in [0.2, 0.25) is 5.75 Å². The maximum atomic E-state index is 11.6. The van der Waals surface area contributed by atoms with Crippen LogP contribution in [0.1, 0.15) is 0 Å². The monoisotopic (exact) mass is 295 g/mol. The second kappa shape index (κ2) is 6.16. The summed E-state index contributed by atoms with van der Waals surface area (Å²) in [5.41, 5.74) is 0.869. The van der Waals surface area contributed by atoms with Crippen molar-refractivity contribution < 1.29 is 14.5 Å². The van der Waals surface area contributed by atoms with Gasteiger partial charge in [-0.25, -0.2) is 14.8 Å². The molecule has 0 atom stereocenters. The average Bonchev–Trinajstić information content (AvgIpc) is 2.46. The Hall–Kier alpha value is -2.41. The summed E-state index contributed by atoms with van der Waals surface area (Å²) in [7, 11) is 2.75. The molecule has 0 aliphatic heterocycles. The smallest absolute Gasteiger partial charge is 0.360 e. The fourth-order valence-corrected chi connectivity index (χ4v) is 1.71. The van der Waals surface area contributed by atoms with E-state index in [-0.39, 0.29) is 5.69 Å². The van der Waals surface area contributed by atoms with E-state index in [9.17, 15) is 4.91 Å². The number of benzene rings is 1. The van der Waals surface area contributed by atoms with Crippen LogP contribution in [0.15, 0.2) is 30.6 Å². The molecule has 0 spiro atoms. The largest absolute Gasteiger partial charge is 0.490 e. The summed E-state index contributed by atoms with van der Waals surface area (Å²) in [6.45, 7) is 0. The van der Waals surface area contributed by atoms with Crippen molar-refractivity contribution in [2.75, 3.05) is 19.5 Å². The van der Waals surface area contributed by atoms with E-state index in [2.05, 4.69) is 20.1 Å². The van der Waals surface area contributed by atoms with E-state index in [0.717, 1.165) is 0 Å². The number of hydrogen-bond donors (Lipinski definition) is 1. The summed E-state index contributed by atoms with van der Waals surface area (Å²) in [6.07, 6.45) is 1.34. The fourth-order valence-electron chi connectivity index (χ4n) is 1.56. The van der Waals surface area contributed by atoms with Gasteiger partial charge in [-0.15, -0.1) is 0 Å². The third-order valence-corrected chi connectivity index (χ3v) is 2.65. The van der Waals surface area contributed by atoms with Gasteiger partial charge in [-0.3, -0.25) is 0 Å². The quantitative estimate of drug-likeness (QED) is 0.675. The van der Waals surface area contributed by atoms with E-state index in [4.69, 9.17) is 16.3 Å². The van der Waals surface area contributed by atoms with Crippen LogP contribution >= 0.6 is 11.6 Å². The Morgan fingerprint density at radius 2 is 2.05 bits per heavy atom. The lowest BCUT2D eigenvalue weighted by molar-refractivity contribution is -0.736. The second-order valence-electron chi connectivity index (χ2n) is 3.68. The van der Waals surface area contributed by atoms with Crippen molar-refractivity contribution in [2.24, 2.45) is 0 Å². The van der Waals surface area contributed by atoms with Crippen LogP contribution in [0.25, 0.3) is 0 Å². The van der Waals surface area contributed by atoms with E-state index in [1.165, 1.54) is 20.5 Å². The molecule has 0 saturated heterocycles. The summed E-state index contributed by atoms with van der Waals surface area (Å²) in [5.74, 6) is 0.907. The zero-order valence-electron chi connectivity index (χ0n) is 10.8. The summed E-state index contributed by atoms with van der Waals surface area (Å²) in [6, 6.07) is 6.52. The van der Waals surface area contributed by atoms with Crippen LogP contribution < -0.4 is 10.1 Å². The van der Waals surface area contributed by atoms with Crippen molar-refractivity contribution in [1.82, 2.24) is 9.97 Å². The van der Waals surface area contributed by atoms with Crippen molar-refractivity contribution >= 4 is 28.8 Å². The highest BCUT2D eigenvalue weighted by Crippen LogP contribution is 2.31. The lowest BCUT2D eigenvalue weighted by Crippen LogP contribution is -2.02. The Morgan fingerprint density at radius 3 is 2.70 bits per heavy atom. The van der Waals surface area contributed by atoms with Gasteiger partial charge in [0.25, 0.3) is 4.92 Å². The van der Waals surface area contributed by atoms with Crippen LogP contribution in [0.5, 0.6) is 5.75 Å². The standard InChI is InChI=1S/C12H12ClN4O3/c1-19-10-4-3-8(5-9(10)17(18)20-2)16-12-6-11(13)14-7-15-12/h3-7H,1-2H3,(H,14,15,16)/q+1. The Bertz CT molecular complexity index is 636. The highest BCUT2D eigenvalue weighted by Gasteiger charge is 2.22. The van der Waals surface area contributed by atoms with Gasteiger partial charge >= 0.3 is 5.69 Å². The number of methoxy groups -OCH3 is 1. The Kier molecular flexibility index (Phi) is 4.31. The van der Waals surface area contributed by atoms with E-state index in [0.29, 0.717) is 27.3 Å². The number of hydrogen-bond acceptors (Lipinski definition) is 6. The lowest BCUT2D eigenvalue weighted by Gasteiger charge is -2.06. The zero-order valence-corrected chi connectivity index (χ0v) is 11.6. The number of halogens is 1. The van der Waals surface area contributed by atoms with Crippen LogP contribution in [0, 0.1) is 4.91 Å². The molecule has 1 aromatic carbocycles. The Balaban J connectivity index is 2.31. The molecule has 7 nitrogen and oxygen atoms in total. The number of nitrogens with one attached hydrogen (secondary N) is 1. The maximum absolute atomic E-state index is 11.6. The Morgan fingerprint density at radius 1 is 1.25 bits per heavy atom. The molecule has 0 saturated carbocycles. The van der Waals surface area contributed by atoms with Gasteiger partial charge in [0, 0.05) is 17.8 Å². The molecule has 1 aromatic heterocycles. The number of anilines is 2. The minimum Gasteiger partial charge on any atom is -0.490 e. The highest BCUT2D eigenvalue weighted by molar-refractivity contribution is 6.29. The molecular formula is C12H12ClN4O3+. The minimum atomic E-state index is 0.236. The molecule has 0 fully saturated rings. The first-order chi connectivity index (χ1) is 9.63. The molecule has 0 amide bonds.